The van der Waals surface area contributed by atoms with Crippen molar-refractivity contribution in [2.24, 2.45) is 17.8 Å². The van der Waals surface area contributed by atoms with Crippen LogP contribution in [0.5, 0.6) is 0 Å². The number of hydrogen-bond donors (Lipinski definition) is 3. The van der Waals surface area contributed by atoms with Gasteiger partial charge in [0.05, 0.1) is 12.6 Å². The van der Waals surface area contributed by atoms with Gasteiger partial charge in [-0.15, -0.1) is 10.2 Å². The van der Waals surface area contributed by atoms with Crippen LogP contribution < -0.4 is 10.6 Å². The van der Waals surface area contributed by atoms with Gasteiger partial charge in [-0.3, -0.25) is 4.57 Å². The Morgan fingerprint density at radius 1 is 1.17 bits per heavy atom. The lowest BCUT2D eigenvalue weighted by atomic mass is 9.53. The van der Waals surface area contributed by atoms with Gasteiger partial charge in [0.15, 0.2) is 10.3 Å². The van der Waals surface area contributed by atoms with Gasteiger partial charge in [-0.05, 0) is 68.5 Å². The second-order valence-corrected chi connectivity index (χ2v) is 9.55. The molecule has 4 saturated carbocycles. The Morgan fingerprint density at radius 3 is 2.50 bits per heavy atom. The third-order valence-electron chi connectivity index (χ3n) is 6.16. The number of anilines is 1. The Hall–Kier alpha value is -0.860. The second kappa shape index (κ2) is 5.57. The summed E-state index contributed by atoms with van der Waals surface area (Å²) >= 11 is 7.13. The average Bonchev–Trinajstić information content (AvgIpc) is 2.87. The highest BCUT2D eigenvalue weighted by atomic mass is 32.2. The van der Waals surface area contributed by atoms with Crippen LogP contribution in [0.2, 0.25) is 0 Å². The Labute approximate surface area is 151 Å². The average molecular weight is 366 g/mol. The van der Waals surface area contributed by atoms with E-state index in [0.717, 1.165) is 22.9 Å². The Balaban J connectivity index is 1.29. The van der Waals surface area contributed by atoms with Crippen LogP contribution in [0.25, 0.3) is 0 Å². The fourth-order valence-electron chi connectivity index (χ4n) is 5.72. The normalized spacial score (nSPS) is 39.5. The van der Waals surface area contributed by atoms with Gasteiger partial charge in [-0.25, -0.2) is 0 Å². The summed E-state index contributed by atoms with van der Waals surface area (Å²) in [5.41, 5.74) is 0.192. The molecule has 0 spiro atoms. The number of nitrogens with one attached hydrogen (secondary N) is 2. The first kappa shape index (κ1) is 15.4. The number of aliphatic hydroxyl groups excluding tert-OH is 1. The molecule has 1 aromatic heterocycles. The van der Waals surface area contributed by atoms with Crippen LogP contribution in [0, 0.1) is 17.8 Å². The second-order valence-electron chi connectivity index (χ2n) is 8.16. The molecule has 24 heavy (non-hydrogen) atoms. The lowest BCUT2D eigenvalue weighted by molar-refractivity contribution is -0.00973. The zero-order valence-electron chi connectivity index (χ0n) is 13.6. The van der Waals surface area contributed by atoms with E-state index in [2.05, 4.69) is 20.8 Å². The largest absolute Gasteiger partial charge is 0.390 e. The van der Waals surface area contributed by atoms with Gasteiger partial charge in [0, 0.05) is 11.3 Å². The number of rotatable bonds is 2. The number of aromatic nitrogens is 3. The molecule has 3 N–H and O–H groups in total. The molecule has 0 aromatic carbocycles. The van der Waals surface area contributed by atoms with Crippen molar-refractivity contribution in [3.05, 3.63) is 0 Å². The van der Waals surface area contributed by atoms with Crippen molar-refractivity contribution < 1.29 is 5.11 Å². The van der Waals surface area contributed by atoms with E-state index in [1.165, 1.54) is 50.3 Å². The summed E-state index contributed by atoms with van der Waals surface area (Å²) in [5.74, 6) is 3.98. The Morgan fingerprint density at radius 2 is 1.83 bits per heavy atom. The van der Waals surface area contributed by atoms with Gasteiger partial charge in [-0.1, -0.05) is 11.8 Å². The van der Waals surface area contributed by atoms with E-state index >= 15 is 0 Å². The van der Waals surface area contributed by atoms with Crippen LogP contribution in [0.1, 0.15) is 38.5 Å². The standard InChI is InChI=1S/C16H23N5OS2/c22-12-7-21-13(19-20-15(21)24-8-12)17-14(23)18-16-4-9-1-10(5-16)3-11(2-9)6-16/h9-12,22H,1-8H2,(H2,17,18,19,23). The van der Waals surface area contributed by atoms with E-state index in [1.807, 2.05) is 4.57 Å². The van der Waals surface area contributed by atoms with Gasteiger partial charge < -0.3 is 15.7 Å². The quantitative estimate of drug-likeness (QED) is 0.692. The maximum absolute atomic E-state index is 9.87. The maximum atomic E-state index is 9.87. The molecule has 130 valence electrons. The fourth-order valence-corrected chi connectivity index (χ4v) is 6.89. The first-order valence-electron chi connectivity index (χ1n) is 8.92. The smallest absolute Gasteiger partial charge is 0.231 e. The van der Waals surface area contributed by atoms with E-state index in [-0.39, 0.29) is 11.6 Å². The van der Waals surface area contributed by atoms with Crippen LogP contribution in [-0.2, 0) is 6.54 Å². The highest BCUT2D eigenvalue weighted by Crippen LogP contribution is 2.55. The maximum Gasteiger partial charge on any atom is 0.231 e. The minimum Gasteiger partial charge on any atom is -0.390 e. The fraction of sp³-hybridized carbons (Fsp3) is 0.812. The SMILES string of the molecule is OC1CSc2nnc(NC(=S)NC34CC5CC(CC(C5)C3)C4)n2C1. The molecule has 1 aromatic rings. The Bertz CT molecular complexity index is 640. The molecule has 4 bridgehead atoms. The number of nitrogens with zero attached hydrogens (tertiary/aromatic N) is 3. The molecule has 0 radical (unpaired) electrons. The van der Waals surface area contributed by atoms with Crippen molar-refractivity contribution in [1.29, 1.82) is 0 Å². The van der Waals surface area contributed by atoms with Crippen LogP contribution in [0.3, 0.4) is 0 Å². The van der Waals surface area contributed by atoms with Gasteiger partial charge in [-0.2, -0.15) is 0 Å². The van der Waals surface area contributed by atoms with E-state index in [9.17, 15) is 5.11 Å². The summed E-state index contributed by atoms with van der Waals surface area (Å²) in [6.45, 7) is 0.525. The molecular formula is C16H23N5OS2. The van der Waals surface area contributed by atoms with E-state index in [0.29, 0.717) is 23.4 Å². The zero-order chi connectivity index (χ0) is 16.3. The molecule has 1 atom stereocenters. The number of thioether (sulfide) groups is 1. The molecule has 2 heterocycles. The number of fused-ring (bicyclic) bond motifs is 1. The summed E-state index contributed by atoms with van der Waals surface area (Å²) in [5, 5.41) is 26.6. The molecule has 0 amide bonds. The summed E-state index contributed by atoms with van der Waals surface area (Å²) in [6, 6.07) is 0. The van der Waals surface area contributed by atoms with E-state index < -0.39 is 0 Å². The van der Waals surface area contributed by atoms with Crippen molar-refractivity contribution in [3.8, 4) is 0 Å². The third-order valence-corrected chi connectivity index (χ3v) is 7.47. The molecule has 0 saturated heterocycles. The van der Waals surface area contributed by atoms with E-state index in [4.69, 9.17) is 12.2 Å². The van der Waals surface area contributed by atoms with Gasteiger partial charge >= 0.3 is 0 Å². The molecule has 6 rings (SSSR count). The van der Waals surface area contributed by atoms with Crippen molar-refractivity contribution in [2.75, 3.05) is 11.1 Å². The van der Waals surface area contributed by atoms with Gasteiger partial charge in [0.25, 0.3) is 0 Å². The van der Waals surface area contributed by atoms with Crippen molar-refractivity contribution in [3.63, 3.8) is 0 Å². The van der Waals surface area contributed by atoms with Crippen molar-refractivity contribution in [1.82, 2.24) is 20.1 Å². The predicted molar refractivity (Wildman–Crippen MR) is 97.0 cm³/mol. The number of hydrogen-bond acceptors (Lipinski definition) is 5. The van der Waals surface area contributed by atoms with Gasteiger partial charge in [0.1, 0.15) is 0 Å². The molecule has 4 aliphatic carbocycles. The first-order valence-corrected chi connectivity index (χ1v) is 10.3. The first-order chi connectivity index (χ1) is 11.6. The van der Waals surface area contributed by atoms with Crippen LogP contribution >= 0.6 is 24.0 Å². The minimum atomic E-state index is -0.358. The molecule has 1 unspecified atom stereocenters. The van der Waals surface area contributed by atoms with E-state index in [1.54, 1.807) is 0 Å². The highest BCUT2D eigenvalue weighted by molar-refractivity contribution is 7.99. The topological polar surface area (TPSA) is 75.0 Å². The van der Waals surface area contributed by atoms with Crippen LogP contribution in [0.4, 0.5) is 5.95 Å². The molecule has 5 aliphatic rings. The molecule has 4 fully saturated rings. The minimum absolute atomic E-state index is 0.192. The Kier molecular flexibility index (Phi) is 3.58. The summed E-state index contributed by atoms with van der Waals surface area (Å²) in [6.07, 6.45) is 7.69. The lowest BCUT2D eigenvalue weighted by Gasteiger charge is -2.57. The van der Waals surface area contributed by atoms with Crippen molar-refractivity contribution >= 4 is 35.0 Å². The molecule has 8 heteroatoms. The molecule has 1 aliphatic heterocycles. The number of thiocarbonyl (C=S) groups is 1. The van der Waals surface area contributed by atoms with Crippen LogP contribution in [0.15, 0.2) is 5.16 Å². The zero-order valence-corrected chi connectivity index (χ0v) is 15.2. The highest BCUT2D eigenvalue weighted by Gasteiger charge is 2.51. The van der Waals surface area contributed by atoms with Crippen molar-refractivity contribution in [2.45, 2.75) is 61.9 Å². The summed E-state index contributed by atoms with van der Waals surface area (Å²) in [4.78, 5) is 0. The lowest BCUT2D eigenvalue weighted by Crippen LogP contribution is -2.60. The number of aliphatic hydroxyl groups is 1. The van der Waals surface area contributed by atoms with Gasteiger partial charge in [0.2, 0.25) is 5.95 Å². The predicted octanol–water partition coefficient (Wildman–Crippen LogP) is 2.00. The summed E-state index contributed by atoms with van der Waals surface area (Å²) in [7, 11) is 0. The molecule has 6 nitrogen and oxygen atoms in total. The monoisotopic (exact) mass is 365 g/mol. The third kappa shape index (κ3) is 2.63. The summed E-state index contributed by atoms with van der Waals surface area (Å²) < 4.78 is 1.92. The van der Waals surface area contributed by atoms with Crippen LogP contribution in [-0.4, -0.2) is 42.4 Å². The molecular weight excluding hydrogens is 342 g/mol.